The van der Waals surface area contributed by atoms with E-state index >= 15 is 0 Å². The lowest BCUT2D eigenvalue weighted by Gasteiger charge is -2.25. The van der Waals surface area contributed by atoms with E-state index in [0.29, 0.717) is 12.3 Å². The highest BCUT2D eigenvalue weighted by molar-refractivity contribution is 5.89. The number of hydrogen-bond donors (Lipinski definition) is 2. The molecule has 1 aromatic rings. The Morgan fingerprint density at radius 2 is 2.35 bits per heavy atom. The topological polar surface area (TPSA) is 82.8 Å². The van der Waals surface area contributed by atoms with Crippen molar-refractivity contribution in [2.75, 3.05) is 13.1 Å². The summed E-state index contributed by atoms with van der Waals surface area (Å²) in [5, 5.41) is 13.1. The largest absolute Gasteiger partial charge is 0.466 e. The normalized spacial score (nSPS) is 22.0. The van der Waals surface area contributed by atoms with Crippen LogP contribution in [0, 0.1) is 5.92 Å². The first-order valence-corrected chi connectivity index (χ1v) is 8.18. The fraction of sp³-hybridized carbons (Fsp3) is 0.647. The molecule has 3 unspecified atom stereocenters. The Labute approximate surface area is 136 Å². The SMILES string of the molecule is CCCC(C)N1CC(C(=O)NCC(C)(O)c2ccco2)CC1=O. The lowest BCUT2D eigenvalue weighted by Crippen LogP contribution is -2.42. The smallest absolute Gasteiger partial charge is 0.225 e. The molecule has 0 spiro atoms. The van der Waals surface area contributed by atoms with Crippen molar-refractivity contribution < 1.29 is 19.1 Å². The molecule has 0 aliphatic carbocycles. The molecule has 1 aliphatic rings. The third-order valence-corrected chi connectivity index (χ3v) is 4.43. The first kappa shape index (κ1) is 17.5. The highest BCUT2D eigenvalue weighted by Gasteiger charge is 2.37. The highest BCUT2D eigenvalue weighted by Crippen LogP contribution is 2.23. The van der Waals surface area contributed by atoms with Crippen LogP contribution in [0.5, 0.6) is 0 Å². The molecule has 0 radical (unpaired) electrons. The molecule has 23 heavy (non-hydrogen) atoms. The molecular weight excluding hydrogens is 296 g/mol. The van der Waals surface area contributed by atoms with Gasteiger partial charge in [-0.05, 0) is 32.4 Å². The average molecular weight is 322 g/mol. The number of likely N-dealkylation sites (tertiary alicyclic amines) is 1. The van der Waals surface area contributed by atoms with Crippen LogP contribution in [-0.4, -0.2) is 41.0 Å². The van der Waals surface area contributed by atoms with Crippen LogP contribution in [-0.2, 0) is 15.2 Å². The monoisotopic (exact) mass is 322 g/mol. The first-order chi connectivity index (χ1) is 10.8. The number of hydrogen-bond acceptors (Lipinski definition) is 4. The molecule has 2 heterocycles. The van der Waals surface area contributed by atoms with Crippen LogP contribution in [0.2, 0.25) is 0 Å². The summed E-state index contributed by atoms with van der Waals surface area (Å²) in [6, 6.07) is 3.52. The molecule has 0 saturated carbocycles. The van der Waals surface area contributed by atoms with Crippen molar-refractivity contribution in [3.8, 4) is 0 Å². The minimum absolute atomic E-state index is 0.0314. The predicted molar refractivity (Wildman–Crippen MR) is 85.5 cm³/mol. The van der Waals surface area contributed by atoms with Gasteiger partial charge in [-0.25, -0.2) is 0 Å². The van der Waals surface area contributed by atoms with E-state index in [-0.39, 0.29) is 36.7 Å². The van der Waals surface area contributed by atoms with E-state index in [0.717, 1.165) is 12.8 Å². The number of aliphatic hydroxyl groups is 1. The summed E-state index contributed by atoms with van der Waals surface area (Å²) in [5.74, 6) is -0.118. The van der Waals surface area contributed by atoms with Gasteiger partial charge in [0.15, 0.2) is 0 Å². The molecule has 2 N–H and O–H groups in total. The lowest BCUT2D eigenvalue weighted by molar-refractivity contribution is -0.130. The van der Waals surface area contributed by atoms with Crippen molar-refractivity contribution in [3.63, 3.8) is 0 Å². The van der Waals surface area contributed by atoms with Crippen LogP contribution in [0.4, 0.5) is 0 Å². The van der Waals surface area contributed by atoms with Gasteiger partial charge in [0.2, 0.25) is 11.8 Å². The van der Waals surface area contributed by atoms with Gasteiger partial charge in [0.1, 0.15) is 11.4 Å². The Morgan fingerprint density at radius 1 is 1.61 bits per heavy atom. The molecule has 0 aromatic carbocycles. The van der Waals surface area contributed by atoms with E-state index in [9.17, 15) is 14.7 Å². The number of rotatable bonds is 7. The molecule has 0 bridgehead atoms. The van der Waals surface area contributed by atoms with Crippen LogP contribution in [0.1, 0.15) is 45.8 Å². The summed E-state index contributed by atoms with van der Waals surface area (Å²) in [4.78, 5) is 26.2. The number of nitrogens with one attached hydrogen (secondary N) is 1. The molecule has 2 rings (SSSR count). The fourth-order valence-electron chi connectivity index (χ4n) is 2.98. The average Bonchev–Trinajstić information content (AvgIpc) is 3.14. The van der Waals surface area contributed by atoms with E-state index < -0.39 is 5.60 Å². The van der Waals surface area contributed by atoms with Crippen molar-refractivity contribution in [3.05, 3.63) is 24.2 Å². The maximum absolute atomic E-state index is 12.3. The zero-order chi connectivity index (χ0) is 17.0. The zero-order valence-electron chi connectivity index (χ0n) is 14.0. The molecule has 128 valence electrons. The van der Waals surface area contributed by atoms with Crippen molar-refractivity contribution in [2.45, 2.75) is 51.7 Å². The van der Waals surface area contributed by atoms with Crippen LogP contribution >= 0.6 is 0 Å². The molecule has 1 fully saturated rings. The third kappa shape index (κ3) is 4.13. The van der Waals surface area contributed by atoms with Gasteiger partial charge in [0.05, 0.1) is 18.7 Å². The third-order valence-electron chi connectivity index (χ3n) is 4.43. The van der Waals surface area contributed by atoms with Gasteiger partial charge in [-0.2, -0.15) is 0 Å². The van der Waals surface area contributed by atoms with Gasteiger partial charge in [-0.3, -0.25) is 9.59 Å². The zero-order valence-corrected chi connectivity index (χ0v) is 14.0. The second kappa shape index (κ2) is 7.17. The number of nitrogens with zero attached hydrogens (tertiary/aromatic N) is 1. The highest BCUT2D eigenvalue weighted by atomic mass is 16.4. The van der Waals surface area contributed by atoms with Crippen molar-refractivity contribution in [1.29, 1.82) is 0 Å². The standard InChI is InChI=1S/C17H26N2O4/c1-4-6-12(2)19-10-13(9-15(19)20)16(21)18-11-17(3,22)14-7-5-8-23-14/h5,7-8,12-13,22H,4,6,9-11H2,1-3H3,(H,18,21). The molecule has 3 atom stereocenters. The van der Waals surface area contributed by atoms with Gasteiger partial charge >= 0.3 is 0 Å². The predicted octanol–water partition coefficient (Wildman–Crippen LogP) is 1.64. The fourth-order valence-corrected chi connectivity index (χ4v) is 2.98. The molecule has 6 heteroatoms. The first-order valence-electron chi connectivity index (χ1n) is 8.18. The van der Waals surface area contributed by atoms with E-state index in [4.69, 9.17) is 4.42 Å². The number of carbonyl (C=O) groups is 2. The Hall–Kier alpha value is -1.82. The minimum Gasteiger partial charge on any atom is -0.466 e. The van der Waals surface area contributed by atoms with E-state index in [1.165, 1.54) is 6.26 Å². The number of carbonyl (C=O) groups excluding carboxylic acids is 2. The molecular formula is C17H26N2O4. The maximum Gasteiger partial charge on any atom is 0.225 e. The summed E-state index contributed by atoms with van der Waals surface area (Å²) >= 11 is 0. The maximum atomic E-state index is 12.3. The summed E-state index contributed by atoms with van der Waals surface area (Å²) in [6.07, 6.45) is 3.66. The number of furan rings is 1. The summed E-state index contributed by atoms with van der Waals surface area (Å²) < 4.78 is 5.18. The van der Waals surface area contributed by atoms with Gasteiger partial charge in [-0.15, -0.1) is 0 Å². The van der Waals surface area contributed by atoms with Gasteiger partial charge in [0, 0.05) is 19.0 Å². The lowest BCUT2D eigenvalue weighted by atomic mass is 10.0. The molecule has 2 amide bonds. The van der Waals surface area contributed by atoms with Crippen molar-refractivity contribution in [2.24, 2.45) is 5.92 Å². The van der Waals surface area contributed by atoms with Crippen LogP contribution in [0.25, 0.3) is 0 Å². The minimum atomic E-state index is -1.27. The summed E-state index contributed by atoms with van der Waals surface area (Å²) in [7, 11) is 0. The molecule has 1 saturated heterocycles. The van der Waals surface area contributed by atoms with Crippen LogP contribution in [0.15, 0.2) is 22.8 Å². The Morgan fingerprint density at radius 3 is 2.96 bits per heavy atom. The molecule has 1 aromatic heterocycles. The molecule has 6 nitrogen and oxygen atoms in total. The second-order valence-corrected chi connectivity index (χ2v) is 6.55. The van der Waals surface area contributed by atoms with E-state index in [1.54, 1.807) is 24.0 Å². The molecule has 1 aliphatic heterocycles. The Bertz CT molecular complexity index is 539. The van der Waals surface area contributed by atoms with Gasteiger partial charge < -0.3 is 19.7 Å². The van der Waals surface area contributed by atoms with Gasteiger partial charge in [0.25, 0.3) is 0 Å². The summed E-state index contributed by atoms with van der Waals surface area (Å²) in [5.41, 5.74) is -1.27. The quantitative estimate of drug-likeness (QED) is 0.799. The van der Waals surface area contributed by atoms with E-state index in [1.807, 2.05) is 6.92 Å². The van der Waals surface area contributed by atoms with Crippen molar-refractivity contribution in [1.82, 2.24) is 10.2 Å². The summed E-state index contributed by atoms with van der Waals surface area (Å²) in [6.45, 7) is 6.19. The van der Waals surface area contributed by atoms with Gasteiger partial charge in [-0.1, -0.05) is 13.3 Å². The second-order valence-electron chi connectivity index (χ2n) is 6.55. The van der Waals surface area contributed by atoms with Crippen LogP contribution < -0.4 is 5.32 Å². The van der Waals surface area contributed by atoms with Crippen molar-refractivity contribution >= 4 is 11.8 Å². The number of amides is 2. The Balaban J connectivity index is 1.88. The van der Waals surface area contributed by atoms with Crippen LogP contribution in [0.3, 0.4) is 0 Å². The van der Waals surface area contributed by atoms with E-state index in [2.05, 4.69) is 12.2 Å². The Kier molecular flexibility index (Phi) is 5.46.